The molecule has 2 aromatic rings. The Kier molecular flexibility index (Phi) is 8.02. The molecule has 134 valence electrons. The van der Waals surface area contributed by atoms with Crippen molar-refractivity contribution < 1.29 is 9.69 Å². The average Bonchev–Trinajstić information content (AvgIpc) is 2.64. The smallest absolute Gasteiger partial charge is 0.230 e. The fourth-order valence-electron chi connectivity index (χ4n) is 2.78. The first-order valence-electron chi connectivity index (χ1n) is 8.99. The van der Waals surface area contributed by atoms with E-state index >= 15 is 0 Å². The van der Waals surface area contributed by atoms with Gasteiger partial charge in [-0.2, -0.15) is 0 Å². The van der Waals surface area contributed by atoms with E-state index in [1.54, 1.807) is 16.7 Å². The van der Waals surface area contributed by atoms with E-state index in [2.05, 4.69) is 56.4 Å². The predicted molar refractivity (Wildman–Crippen MR) is 106 cm³/mol. The monoisotopic (exact) mass is 357 g/mol. The highest BCUT2D eigenvalue weighted by atomic mass is 32.2. The third-order valence-electron chi connectivity index (χ3n) is 4.49. The summed E-state index contributed by atoms with van der Waals surface area (Å²) in [5.41, 5.74) is 3.76. The van der Waals surface area contributed by atoms with Gasteiger partial charge in [0.2, 0.25) is 5.91 Å². The average molecular weight is 358 g/mol. The first-order chi connectivity index (χ1) is 12.1. The van der Waals surface area contributed by atoms with Crippen molar-refractivity contribution in [3.63, 3.8) is 0 Å². The number of carbonyl (C=O) groups excluding carboxylic acids is 1. The Bertz CT molecular complexity index is 683. The zero-order chi connectivity index (χ0) is 18.1. The number of carbonyl (C=O) groups is 1. The van der Waals surface area contributed by atoms with E-state index in [9.17, 15) is 4.79 Å². The van der Waals surface area contributed by atoms with Gasteiger partial charge in [0.15, 0.2) is 0 Å². The minimum absolute atomic E-state index is 0.0817. The van der Waals surface area contributed by atoms with Crippen LogP contribution in [0.3, 0.4) is 0 Å². The Morgan fingerprint density at radius 2 is 1.64 bits per heavy atom. The van der Waals surface area contributed by atoms with E-state index in [0.29, 0.717) is 12.3 Å². The molecule has 3 nitrogen and oxygen atoms in total. The van der Waals surface area contributed by atoms with E-state index in [4.69, 9.17) is 0 Å². The van der Waals surface area contributed by atoms with Crippen LogP contribution in [0.4, 0.5) is 0 Å². The van der Waals surface area contributed by atoms with E-state index in [-0.39, 0.29) is 5.91 Å². The largest absolute Gasteiger partial charge is 0.351 e. The van der Waals surface area contributed by atoms with Crippen molar-refractivity contribution in [1.82, 2.24) is 5.32 Å². The zero-order valence-electron chi connectivity index (χ0n) is 15.5. The third kappa shape index (κ3) is 6.22. The first kappa shape index (κ1) is 19.5. The number of nitrogens with one attached hydrogen (secondary N) is 2. The van der Waals surface area contributed by atoms with E-state index in [1.807, 2.05) is 18.2 Å². The Labute approximate surface area is 155 Å². The summed E-state index contributed by atoms with van der Waals surface area (Å²) in [5, 5.41) is 3.07. The maximum Gasteiger partial charge on any atom is 0.230 e. The Morgan fingerprint density at radius 3 is 2.32 bits per heavy atom. The number of hydrogen-bond acceptors (Lipinski definition) is 2. The van der Waals surface area contributed by atoms with Crippen LogP contribution < -0.4 is 10.2 Å². The number of quaternary nitrogens is 1. The second kappa shape index (κ2) is 10.3. The van der Waals surface area contributed by atoms with Crippen molar-refractivity contribution in [2.24, 2.45) is 0 Å². The molecule has 0 aliphatic carbocycles. The molecule has 1 amide bonds. The van der Waals surface area contributed by atoms with Gasteiger partial charge in [-0.25, -0.2) is 0 Å². The molecule has 0 unspecified atom stereocenters. The fraction of sp³-hybridized carbons (Fsp3) is 0.381. The molecule has 0 fully saturated rings. The number of hydrogen-bond donors (Lipinski definition) is 2. The highest BCUT2D eigenvalue weighted by molar-refractivity contribution is 8.00. The second-order valence-electron chi connectivity index (χ2n) is 6.23. The minimum Gasteiger partial charge on any atom is -0.351 e. The molecular weight excluding hydrogens is 328 g/mol. The SMILES string of the molecule is CC[NH+](CC)Cc1ccccc1CNC(=O)CSc1ccccc1C. The van der Waals surface area contributed by atoms with Gasteiger partial charge in [-0.15, -0.1) is 11.8 Å². The standard InChI is InChI=1S/C21H28N2OS/c1-4-23(5-2)15-19-12-8-7-11-18(19)14-22-21(24)16-25-20-13-9-6-10-17(20)3/h6-13H,4-5,14-16H2,1-3H3,(H,22,24)/p+1. The molecule has 2 aromatic carbocycles. The van der Waals surface area contributed by atoms with Gasteiger partial charge in [0.1, 0.15) is 6.54 Å². The number of benzene rings is 2. The van der Waals surface area contributed by atoms with Gasteiger partial charge in [0, 0.05) is 17.0 Å². The van der Waals surface area contributed by atoms with Crippen LogP contribution in [-0.4, -0.2) is 24.7 Å². The molecule has 0 saturated heterocycles. The lowest BCUT2D eigenvalue weighted by Crippen LogP contribution is -3.10. The lowest BCUT2D eigenvalue weighted by atomic mass is 10.1. The molecule has 0 bridgehead atoms. The minimum atomic E-state index is 0.0817. The van der Waals surface area contributed by atoms with Crippen molar-refractivity contribution >= 4 is 17.7 Å². The maximum absolute atomic E-state index is 12.2. The third-order valence-corrected chi connectivity index (χ3v) is 5.66. The van der Waals surface area contributed by atoms with Crippen LogP contribution >= 0.6 is 11.8 Å². The lowest BCUT2D eigenvalue weighted by molar-refractivity contribution is -0.910. The normalized spacial score (nSPS) is 10.9. The van der Waals surface area contributed by atoms with Crippen LogP contribution in [0.15, 0.2) is 53.4 Å². The van der Waals surface area contributed by atoms with Crippen LogP contribution in [0.25, 0.3) is 0 Å². The van der Waals surface area contributed by atoms with Gasteiger partial charge in [-0.3, -0.25) is 4.79 Å². The van der Waals surface area contributed by atoms with Gasteiger partial charge in [-0.05, 0) is 38.0 Å². The number of aryl methyl sites for hydroxylation is 1. The molecule has 0 aliphatic heterocycles. The Hall–Kier alpha value is -1.78. The highest BCUT2D eigenvalue weighted by Gasteiger charge is 2.10. The van der Waals surface area contributed by atoms with Crippen molar-refractivity contribution in [3.05, 3.63) is 65.2 Å². The fourth-order valence-corrected chi connectivity index (χ4v) is 3.64. The molecule has 0 aromatic heterocycles. The van der Waals surface area contributed by atoms with Gasteiger partial charge in [0.05, 0.1) is 18.8 Å². The summed E-state index contributed by atoms with van der Waals surface area (Å²) >= 11 is 1.60. The molecule has 2 N–H and O–H groups in total. The van der Waals surface area contributed by atoms with Crippen LogP contribution in [0.5, 0.6) is 0 Å². The first-order valence-corrected chi connectivity index (χ1v) is 9.98. The molecule has 0 saturated carbocycles. The van der Waals surface area contributed by atoms with Crippen molar-refractivity contribution in [1.29, 1.82) is 0 Å². The van der Waals surface area contributed by atoms with Crippen molar-refractivity contribution in [3.8, 4) is 0 Å². The second-order valence-corrected chi connectivity index (χ2v) is 7.25. The summed E-state index contributed by atoms with van der Waals surface area (Å²) in [5.74, 6) is 0.534. The quantitative estimate of drug-likeness (QED) is 0.677. The van der Waals surface area contributed by atoms with E-state index in [0.717, 1.165) is 19.6 Å². The number of thioether (sulfide) groups is 1. The zero-order valence-corrected chi connectivity index (χ0v) is 16.3. The summed E-state index contributed by atoms with van der Waals surface area (Å²) < 4.78 is 0. The summed E-state index contributed by atoms with van der Waals surface area (Å²) in [6.07, 6.45) is 0. The summed E-state index contributed by atoms with van der Waals surface area (Å²) in [6.45, 7) is 10.3. The predicted octanol–water partition coefficient (Wildman–Crippen LogP) is 2.83. The van der Waals surface area contributed by atoms with Gasteiger partial charge in [-0.1, -0.05) is 42.5 Å². The van der Waals surface area contributed by atoms with Crippen molar-refractivity contribution in [2.45, 2.75) is 38.8 Å². The topological polar surface area (TPSA) is 33.5 Å². The molecular formula is C21H29N2OS+. The lowest BCUT2D eigenvalue weighted by Gasteiger charge is -2.18. The van der Waals surface area contributed by atoms with E-state index in [1.165, 1.54) is 21.6 Å². The molecule has 0 heterocycles. The number of amides is 1. The van der Waals surface area contributed by atoms with Gasteiger partial charge in [0.25, 0.3) is 0 Å². The number of rotatable bonds is 9. The van der Waals surface area contributed by atoms with Crippen LogP contribution in [0.1, 0.15) is 30.5 Å². The molecule has 25 heavy (non-hydrogen) atoms. The van der Waals surface area contributed by atoms with E-state index < -0.39 is 0 Å². The highest BCUT2D eigenvalue weighted by Crippen LogP contribution is 2.21. The van der Waals surface area contributed by atoms with Crippen LogP contribution in [0, 0.1) is 6.92 Å². The molecule has 0 spiro atoms. The molecule has 4 heteroatoms. The summed E-state index contributed by atoms with van der Waals surface area (Å²) in [7, 11) is 0. The summed E-state index contributed by atoms with van der Waals surface area (Å²) in [6, 6.07) is 16.6. The maximum atomic E-state index is 12.2. The van der Waals surface area contributed by atoms with Crippen molar-refractivity contribution in [2.75, 3.05) is 18.8 Å². The molecule has 0 radical (unpaired) electrons. The Balaban J connectivity index is 1.88. The van der Waals surface area contributed by atoms with Crippen LogP contribution in [0.2, 0.25) is 0 Å². The summed E-state index contributed by atoms with van der Waals surface area (Å²) in [4.78, 5) is 14.9. The molecule has 0 atom stereocenters. The molecule has 2 rings (SSSR count). The Morgan fingerprint density at radius 1 is 1.00 bits per heavy atom. The molecule has 0 aliphatic rings. The van der Waals surface area contributed by atoms with Gasteiger partial charge >= 0.3 is 0 Å². The van der Waals surface area contributed by atoms with Crippen LogP contribution in [-0.2, 0) is 17.9 Å². The van der Waals surface area contributed by atoms with Gasteiger partial charge < -0.3 is 10.2 Å².